The first-order valence-electron chi connectivity index (χ1n) is 8.49. The predicted octanol–water partition coefficient (Wildman–Crippen LogP) is 3.91. The van der Waals surface area contributed by atoms with Crippen molar-refractivity contribution in [2.24, 2.45) is 0 Å². The van der Waals surface area contributed by atoms with E-state index < -0.39 is 21.9 Å². The highest BCUT2D eigenvalue weighted by Gasteiger charge is 2.23. The molecule has 28 heavy (non-hydrogen) atoms. The van der Waals surface area contributed by atoms with E-state index in [4.69, 9.17) is 9.47 Å². The summed E-state index contributed by atoms with van der Waals surface area (Å²) in [6.45, 7) is 0. The third-order valence-electron chi connectivity index (χ3n) is 4.28. The van der Waals surface area contributed by atoms with Crippen LogP contribution in [0.1, 0.15) is 17.2 Å². The lowest BCUT2D eigenvalue weighted by Gasteiger charge is -2.20. The Balaban J connectivity index is 2.01. The van der Waals surface area contributed by atoms with Crippen LogP contribution in [-0.4, -0.2) is 22.6 Å². The Kier molecular flexibility index (Phi) is 5.96. The first-order valence-corrected chi connectivity index (χ1v) is 9.97. The summed E-state index contributed by atoms with van der Waals surface area (Å²) in [5, 5.41) is 0. The van der Waals surface area contributed by atoms with Crippen LogP contribution in [0.15, 0.2) is 77.7 Å². The van der Waals surface area contributed by atoms with Crippen molar-refractivity contribution < 1.29 is 22.3 Å². The van der Waals surface area contributed by atoms with Gasteiger partial charge in [-0.15, -0.1) is 0 Å². The number of benzene rings is 3. The van der Waals surface area contributed by atoms with Crippen molar-refractivity contribution in [1.29, 1.82) is 0 Å². The van der Waals surface area contributed by atoms with E-state index in [-0.39, 0.29) is 4.90 Å². The Labute approximate surface area is 163 Å². The molecule has 0 saturated carbocycles. The van der Waals surface area contributed by atoms with Crippen molar-refractivity contribution in [3.8, 4) is 11.5 Å². The number of ether oxygens (including phenoxy) is 2. The van der Waals surface area contributed by atoms with Crippen LogP contribution in [0.5, 0.6) is 11.5 Å². The molecule has 0 unspecified atom stereocenters. The first-order chi connectivity index (χ1) is 13.4. The van der Waals surface area contributed by atoms with Crippen LogP contribution in [0.4, 0.5) is 4.39 Å². The molecule has 0 fully saturated rings. The molecule has 146 valence electrons. The zero-order valence-corrected chi connectivity index (χ0v) is 16.2. The zero-order chi connectivity index (χ0) is 20.1. The molecule has 7 heteroatoms. The number of hydrogen-bond acceptors (Lipinski definition) is 4. The van der Waals surface area contributed by atoms with Gasteiger partial charge in [-0.2, -0.15) is 4.72 Å². The molecule has 5 nitrogen and oxygen atoms in total. The molecule has 0 bridgehead atoms. The SMILES string of the molecule is COc1ccc(C(NS(=O)(=O)c2cccc(F)c2)c2ccc(OC)cc2)cc1. The average Bonchev–Trinajstić information content (AvgIpc) is 2.72. The number of rotatable bonds is 7. The lowest BCUT2D eigenvalue weighted by molar-refractivity contribution is 0.414. The van der Waals surface area contributed by atoms with Crippen LogP contribution in [-0.2, 0) is 10.0 Å². The topological polar surface area (TPSA) is 64.6 Å². The molecule has 0 heterocycles. The highest BCUT2D eigenvalue weighted by Crippen LogP contribution is 2.28. The molecule has 3 rings (SSSR count). The highest BCUT2D eigenvalue weighted by atomic mass is 32.2. The van der Waals surface area contributed by atoms with Gasteiger partial charge in [0, 0.05) is 0 Å². The molecule has 3 aromatic rings. The molecule has 3 aromatic carbocycles. The quantitative estimate of drug-likeness (QED) is 0.652. The van der Waals surface area contributed by atoms with Crippen molar-refractivity contribution >= 4 is 10.0 Å². The number of hydrogen-bond donors (Lipinski definition) is 1. The lowest BCUT2D eigenvalue weighted by Crippen LogP contribution is -2.29. The summed E-state index contributed by atoms with van der Waals surface area (Å²) in [6.07, 6.45) is 0. The maximum atomic E-state index is 13.5. The summed E-state index contributed by atoms with van der Waals surface area (Å²) < 4.78 is 52.3. The van der Waals surface area contributed by atoms with Gasteiger partial charge in [-0.25, -0.2) is 12.8 Å². The normalized spacial score (nSPS) is 11.4. The van der Waals surface area contributed by atoms with E-state index in [1.54, 1.807) is 62.8 Å². The molecule has 0 spiro atoms. The largest absolute Gasteiger partial charge is 0.497 e. The smallest absolute Gasteiger partial charge is 0.241 e. The third-order valence-corrected chi connectivity index (χ3v) is 5.70. The van der Waals surface area contributed by atoms with E-state index >= 15 is 0 Å². The molecular formula is C21H20FNO4S. The van der Waals surface area contributed by atoms with Crippen LogP contribution in [0.2, 0.25) is 0 Å². The minimum atomic E-state index is -3.96. The molecule has 0 radical (unpaired) electrons. The summed E-state index contributed by atoms with van der Waals surface area (Å²) in [7, 11) is -0.846. The number of sulfonamides is 1. The van der Waals surface area contributed by atoms with Crippen LogP contribution in [0.3, 0.4) is 0 Å². The van der Waals surface area contributed by atoms with Gasteiger partial charge in [0.2, 0.25) is 10.0 Å². The van der Waals surface area contributed by atoms with Gasteiger partial charge in [-0.05, 0) is 53.6 Å². The second-order valence-electron chi connectivity index (χ2n) is 6.06. The molecule has 0 aliphatic carbocycles. The fraction of sp³-hybridized carbons (Fsp3) is 0.143. The van der Waals surface area contributed by atoms with Crippen molar-refractivity contribution in [3.63, 3.8) is 0 Å². The van der Waals surface area contributed by atoms with E-state index in [0.717, 1.165) is 6.07 Å². The van der Waals surface area contributed by atoms with Gasteiger partial charge in [0.15, 0.2) is 0 Å². The van der Waals surface area contributed by atoms with Crippen LogP contribution < -0.4 is 14.2 Å². The molecule has 0 aliphatic rings. The van der Waals surface area contributed by atoms with Gasteiger partial charge >= 0.3 is 0 Å². The maximum Gasteiger partial charge on any atom is 0.241 e. The Morgan fingerprint density at radius 1 is 0.821 bits per heavy atom. The van der Waals surface area contributed by atoms with E-state index in [2.05, 4.69) is 4.72 Å². The Bertz CT molecular complexity index is 987. The minimum Gasteiger partial charge on any atom is -0.497 e. The van der Waals surface area contributed by atoms with Gasteiger partial charge < -0.3 is 9.47 Å². The van der Waals surface area contributed by atoms with Crippen molar-refractivity contribution in [1.82, 2.24) is 4.72 Å². The van der Waals surface area contributed by atoms with Gasteiger partial charge in [-0.1, -0.05) is 30.3 Å². The van der Waals surface area contributed by atoms with Crippen molar-refractivity contribution in [2.75, 3.05) is 14.2 Å². The molecule has 0 saturated heterocycles. The summed E-state index contributed by atoms with van der Waals surface area (Å²) in [5.41, 5.74) is 1.43. The van der Waals surface area contributed by atoms with Gasteiger partial charge in [0.25, 0.3) is 0 Å². The average molecular weight is 401 g/mol. The third kappa shape index (κ3) is 4.49. The molecule has 0 atom stereocenters. The Morgan fingerprint density at radius 2 is 1.32 bits per heavy atom. The maximum absolute atomic E-state index is 13.5. The monoisotopic (exact) mass is 401 g/mol. The fourth-order valence-corrected chi connectivity index (χ4v) is 4.02. The number of methoxy groups -OCH3 is 2. The predicted molar refractivity (Wildman–Crippen MR) is 105 cm³/mol. The van der Waals surface area contributed by atoms with Crippen LogP contribution in [0.25, 0.3) is 0 Å². The van der Waals surface area contributed by atoms with Crippen molar-refractivity contribution in [2.45, 2.75) is 10.9 Å². The van der Waals surface area contributed by atoms with E-state index in [0.29, 0.717) is 22.6 Å². The molecule has 0 aromatic heterocycles. The minimum absolute atomic E-state index is 0.139. The van der Waals surface area contributed by atoms with Crippen molar-refractivity contribution in [3.05, 3.63) is 89.7 Å². The van der Waals surface area contributed by atoms with E-state index in [9.17, 15) is 12.8 Å². The number of halogens is 1. The lowest BCUT2D eigenvalue weighted by atomic mass is 9.99. The highest BCUT2D eigenvalue weighted by molar-refractivity contribution is 7.89. The summed E-state index contributed by atoms with van der Waals surface area (Å²) in [5.74, 6) is 0.698. The summed E-state index contributed by atoms with van der Waals surface area (Å²) >= 11 is 0. The van der Waals surface area contributed by atoms with Crippen LogP contribution >= 0.6 is 0 Å². The van der Waals surface area contributed by atoms with Gasteiger partial charge in [-0.3, -0.25) is 0 Å². The standard InChI is InChI=1S/C21H20FNO4S/c1-26-18-10-6-15(7-11-18)21(16-8-12-19(27-2)13-9-16)23-28(24,25)20-5-3-4-17(22)14-20/h3-14,21,23H,1-2H3. The Hall–Kier alpha value is -2.90. The second-order valence-corrected chi connectivity index (χ2v) is 7.77. The zero-order valence-electron chi connectivity index (χ0n) is 15.4. The molecule has 0 aliphatic heterocycles. The number of nitrogens with one attached hydrogen (secondary N) is 1. The summed E-state index contributed by atoms with van der Waals surface area (Å²) in [4.78, 5) is -0.139. The van der Waals surface area contributed by atoms with E-state index in [1.807, 2.05) is 0 Å². The molecule has 1 N–H and O–H groups in total. The first kappa shape index (κ1) is 19.9. The Morgan fingerprint density at radius 3 is 1.75 bits per heavy atom. The molecule has 0 amide bonds. The second kappa shape index (κ2) is 8.41. The molecular weight excluding hydrogens is 381 g/mol. The fourth-order valence-electron chi connectivity index (χ4n) is 2.78. The summed E-state index contributed by atoms with van der Waals surface area (Å²) in [6, 6.07) is 18.3. The van der Waals surface area contributed by atoms with Gasteiger partial charge in [0.05, 0.1) is 25.2 Å². The van der Waals surface area contributed by atoms with E-state index in [1.165, 1.54) is 18.2 Å². The van der Waals surface area contributed by atoms with Gasteiger partial charge in [0.1, 0.15) is 17.3 Å². The van der Waals surface area contributed by atoms with Crippen LogP contribution in [0, 0.1) is 5.82 Å².